The van der Waals surface area contributed by atoms with E-state index in [0.29, 0.717) is 23.1 Å². The number of benzene rings is 2. The Labute approximate surface area is 130 Å². The average Bonchev–Trinajstić information content (AvgIpc) is 2.48. The van der Waals surface area contributed by atoms with Crippen LogP contribution in [0.3, 0.4) is 0 Å². The van der Waals surface area contributed by atoms with E-state index in [-0.39, 0.29) is 0 Å². The van der Waals surface area contributed by atoms with Gasteiger partial charge >= 0.3 is 0 Å². The van der Waals surface area contributed by atoms with Crippen molar-refractivity contribution in [3.05, 3.63) is 58.6 Å². The van der Waals surface area contributed by atoms with Gasteiger partial charge < -0.3 is 14.8 Å². The van der Waals surface area contributed by atoms with E-state index in [9.17, 15) is 0 Å². The monoisotopic (exact) mass is 306 g/mol. The summed E-state index contributed by atoms with van der Waals surface area (Å²) in [6.07, 6.45) is 0. The lowest BCUT2D eigenvalue weighted by Gasteiger charge is -2.12. The number of hydrogen-bond donors (Lipinski definition) is 1. The number of methoxy groups -OCH3 is 1. The first-order chi connectivity index (χ1) is 10.2. The highest BCUT2D eigenvalue weighted by Gasteiger charge is 2.12. The number of ether oxygens (including phenoxy) is 2. The minimum absolute atomic E-state index is 0.587. The third-order valence-electron chi connectivity index (χ3n) is 3.18. The summed E-state index contributed by atoms with van der Waals surface area (Å²) in [5.74, 6) is 1.31. The van der Waals surface area contributed by atoms with Crippen LogP contribution < -0.4 is 14.8 Å². The molecule has 3 nitrogen and oxygen atoms in total. The molecule has 0 saturated carbocycles. The number of hydrogen-bond acceptors (Lipinski definition) is 2. The van der Waals surface area contributed by atoms with Crippen molar-refractivity contribution in [3.63, 3.8) is 0 Å². The van der Waals surface area contributed by atoms with E-state index in [1.54, 1.807) is 7.11 Å². The zero-order valence-corrected chi connectivity index (χ0v) is 13.2. The van der Waals surface area contributed by atoms with Gasteiger partial charge in [-0.3, -0.25) is 0 Å². The highest BCUT2D eigenvalue weighted by molar-refractivity contribution is 6.32. The molecule has 0 aromatic heterocycles. The smallest absolute Gasteiger partial charge is 0.179 e. The normalized spacial score (nSPS) is 10.4. The molecular weight excluding hydrogens is 286 g/mol. The minimum atomic E-state index is 0.587. The largest absolute Gasteiger partial charge is 0.491 e. The zero-order chi connectivity index (χ0) is 15.1. The Morgan fingerprint density at radius 1 is 1.05 bits per heavy atom. The fourth-order valence-electron chi connectivity index (χ4n) is 2.22. The molecule has 0 bridgehead atoms. The van der Waals surface area contributed by atoms with Crippen molar-refractivity contribution in [2.75, 3.05) is 13.7 Å². The lowest BCUT2D eigenvalue weighted by Crippen LogP contribution is -2.80. The van der Waals surface area contributed by atoms with Crippen LogP contribution in [0.2, 0.25) is 5.02 Å². The summed E-state index contributed by atoms with van der Waals surface area (Å²) in [7, 11) is 1.60. The minimum Gasteiger partial charge on any atom is -0.491 e. The molecule has 0 saturated heterocycles. The number of quaternary nitrogens is 1. The number of nitrogens with two attached hydrogens (primary N) is 1. The van der Waals surface area contributed by atoms with Gasteiger partial charge in [0.1, 0.15) is 13.1 Å². The van der Waals surface area contributed by atoms with Gasteiger partial charge in [-0.2, -0.15) is 0 Å². The summed E-state index contributed by atoms with van der Waals surface area (Å²) in [6.45, 7) is 4.32. The van der Waals surface area contributed by atoms with E-state index in [1.165, 1.54) is 5.56 Å². The Bertz CT molecular complexity index is 573. The van der Waals surface area contributed by atoms with Crippen molar-refractivity contribution in [1.82, 2.24) is 0 Å². The average molecular weight is 307 g/mol. The maximum atomic E-state index is 6.25. The third kappa shape index (κ3) is 4.38. The lowest BCUT2D eigenvalue weighted by atomic mass is 10.2. The fourth-order valence-corrected chi connectivity index (χ4v) is 2.53. The van der Waals surface area contributed by atoms with Crippen molar-refractivity contribution in [2.24, 2.45) is 0 Å². The molecule has 21 heavy (non-hydrogen) atoms. The van der Waals surface area contributed by atoms with Crippen molar-refractivity contribution >= 4 is 11.6 Å². The van der Waals surface area contributed by atoms with Gasteiger partial charge in [0.15, 0.2) is 11.5 Å². The van der Waals surface area contributed by atoms with Gasteiger partial charge in [0.05, 0.1) is 18.7 Å². The Balaban J connectivity index is 2.03. The maximum absolute atomic E-state index is 6.25. The lowest BCUT2D eigenvalue weighted by molar-refractivity contribution is -0.686. The summed E-state index contributed by atoms with van der Waals surface area (Å²) in [4.78, 5) is 0. The first-order valence-corrected chi connectivity index (χ1v) is 7.47. The predicted molar refractivity (Wildman–Crippen MR) is 84.9 cm³/mol. The fraction of sp³-hybridized carbons (Fsp3) is 0.294. The van der Waals surface area contributed by atoms with Gasteiger partial charge in [-0.05, 0) is 19.1 Å². The van der Waals surface area contributed by atoms with Gasteiger partial charge in [0.25, 0.3) is 0 Å². The van der Waals surface area contributed by atoms with Crippen LogP contribution in [0.15, 0.2) is 42.5 Å². The molecule has 2 rings (SSSR count). The highest BCUT2D eigenvalue weighted by atomic mass is 35.5. The molecule has 0 fully saturated rings. The molecule has 0 heterocycles. The summed E-state index contributed by atoms with van der Waals surface area (Å²) < 4.78 is 10.9. The quantitative estimate of drug-likeness (QED) is 0.853. The van der Waals surface area contributed by atoms with Crippen molar-refractivity contribution < 1.29 is 14.8 Å². The molecule has 0 amide bonds. The third-order valence-corrected chi connectivity index (χ3v) is 3.46. The van der Waals surface area contributed by atoms with Gasteiger partial charge in [-0.1, -0.05) is 41.9 Å². The zero-order valence-electron chi connectivity index (χ0n) is 12.4. The Morgan fingerprint density at radius 2 is 1.76 bits per heavy atom. The van der Waals surface area contributed by atoms with Gasteiger partial charge in [0.2, 0.25) is 0 Å². The van der Waals surface area contributed by atoms with Crippen LogP contribution in [0.1, 0.15) is 18.1 Å². The second-order valence-corrected chi connectivity index (χ2v) is 5.13. The molecule has 112 valence electrons. The molecule has 0 atom stereocenters. The van der Waals surface area contributed by atoms with Crippen LogP contribution in [0.5, 0.6) is 11.5 Å². The molecule has 0 aliphatic carbocycles. The van der Waals surface area contributed by atoms with Crippen LogP contribution in [0.25, 0.3) is 0 Å². The molecule has 2 aromatic rings. The molecule has 0 unspecified atom stereocenters. The Morgan fingerprint density at radius 3 is 2.43 bits per heavy atom. The highest BCUT2D eigenvalue weighted by Crippen LogP contribution is 2.36. The standard InChI is InChI=1S/C17H20ClNO2/c1-3-21-16-10-14(9-15(18)17(16)20-2)12-19-11-13-7-5-4-6-8-13/h4-10,19H,3,11-12H2,1-2H3/p+1. The molecule has 4 heteroatoms. The molecule has 0 aliphatic rings. The topological polar surface area (TPSA) is 35.1 Å². The predicted octanol–water partition coefficient (Wildman–Crippen LogP) is 3.01. The van der Waals surface area contributed by atoms with E-state index in [4.69, 9.17) is 21.1 Å². The number of rotatable bonds is 7. The summed E-state index contributed by atoms with van der Waals surface area (Å²) in [5.41, 5.74) is 2.43. The van der Waals surface area contributed by atoms with E-state index in [2.05, 4.69) is 29.6 Å². The molecule has 0 radical (unpaired) electrons. The van der Waals surface area contributed by atoms with Crippen molar-refractivity contribution in [3.8, 4) is 11.5 Å². The van der Waals surface area contributed by atoms with E-state index < -0.39 is 0 Å². The molecule has 2 N–H and O–H groups in total. The maximum Gasteiger partial charge on any atom is 0.179 e. The van der Waals surface area contributed by atoms with Gasteiger partial charge in [-0.25, -0.2) is 0 Å². The first kappa shape index (κ1) is 15.7. The van der Waals surface area contributed by atoms with Gasteiger partial charge in [0, 0.05) is 11.1 Å². The van der Waals surface area contributed by atoms with Crippen LogP contribution in [-0.2, 0) is 13.1 Å². The van der Waals surface area contributed by atoms with Crippen molar-refractivity contribution in [2.45, 2.75) is 20.0 Å². The number of halogens is 1. The molecule has 2 aromatic carbocycles. The molecule has 0 aliphatic heterocycles. The first-order valence-electron chi connectivity index (χ1n) is 7.09. The van der Waals surface area contributed by atoms with Crippen LogP contribution >= 0.6 is 11.6 Å². The van der Waals surface area contributed by atoms with Crippen LogP contribution in [0, 0.1) is 0 Å². The SMILES string of the molecule is CCOc1cc(C[NH2+]Cc2ccccc2)cc(Cl)c1OC. The van der Waals surface area contributed by atoms with E-state index >= 15 is 0 Å². The van der Waals surface area contributed by atoms with E-state index in [0.717, 1.165) is 18.7 Å². The second kappa shape index (κ2) is 7.91. The van der Waals surface area contributed by atoms with Crippen LogP contribution in [-0.4, -0.2) is 13.7 Å². The molecular formula is C17H21ClNO2+. The van der Waals surface area contributed by atoms with Crippen LogP contribution in [0.4, 0.5) is 0 Å². The van der Waals surface area contributed by atoms with Gasteiger partial charge in [-0.15, -0.1) is 0 Å². The van der Waals surface area contributed by atoms with E-state index in [1.807, 2.05) is 25.1 Å². The Kier molecular flexibility index (Phi) is 5.90. The Hall–Kier alpha value is -1.71. The van der Waals surface area contributed by atoms with Crippen molar-refractivity contribution in [1.29, 1.82) is 0 Å². The second-order valence-electron chi connectivity index (χ2n) is 4.72. The summed E-state index contributed by atoms with van der Waals surface area (Å²) in [5, 5.41) is 2.83. The summed E-state index contributed by atoms with van der Waals surface area (Å²) in [6, 6.07) is 14.3. The summed E-state index contributed by atoms with van der Waals surface area (Å²) >= 11 is 6.25. The molecule has 0 spiro atoms.